The molecule has 1 aromatic carbocycles. The van der Waals surface area contributed by atoms with Crippen LogP contribution in [0.5, 0.6) is 0 Å². The van der Waals surface area contributed by atoms with Gasteiger partial charge in [0.15, 0.2) is 11.2 Å². The van der Waals surface area contributed by atoms with E-state index in [2.05, 4.69) is 15.3 Å². The van der Waals surface area contributed by atoms with Gasteiger partial charge < -0.3 is 10.3 Å². The maximum Gasteiger partial charge on any atom is 0.332 e. The van der Waals surface area contributed by atoms with Crippen molar-refractivity contribution in [2.24, 2.45) is 19.2 Å². The third-order valence-electron chi connectivity index (χ3n) is 4.05. The average molecular weight is 378 g/mol. The lowest BCUT2D eigenvalue weighted by Gasteiger charge is -2.04. The molecule has 0 bridgehead atoms. The molecule has 0 spiro atoms. The molecule has 0 aliphatic carbocycles. The average Bonchev–Trinajstić information content (AvgIpc) is 3.02. The van der Waals surface area contributed by atoms with Gasteiger partial charge in [0.1, 0.15) is 0 Å². The first kappa shape index (κ1) is 17.9. The van der Waals surface area contributed by atoms with E-state index in [1.807, 2.05) is 0 Å². The molecule has 2 aromatic heterocycles. The summed E-state index contributed by atoms with van der Waals surface area (Å²) in [6, 6.07) is 6.26. The molecule has 10 nitrogen and oxygen atoms in total. The summed E-state index contributed by atoms with van der Waals surface area (Å²) in [7, 11) is -0.754. The molecule has 0 atom stereocenters. The summed E-state index contributed by atoms with van der Waals surface area (Å²) in [4.78, 5) is 31.2. The largest absolute Gasteiger partial charge is 0.355 e. The first-order chi connectivity index (χ1) is 12.2. The molecule has 0 saturated carbocycles. The second kappa shape index (κ2) is 6.42. The minimum atomic E-state index is -3.70. The molecule has 3 rings (SSSR count). The Morgan fingerprint density at radius 1 is 1.15 bits per heavy atom. The first-order valence-electron chi connectivity index (χ1n) is 7.70. The number of H-pyrrole nitrogens is 1. The fourth-order valence-corrected chi connectivity index (χ4v) is 3.10. The highest BCUT2D eigenvalue weighted by Gasteiger charge is 2.13. The molecule has 0 aliphatic rings. The minimum Gasteiger partial charge on any atom is -0.355 e. The number of benzene rings is 1. The zero-order valence-corrected chi connectivity index (χ0v) is 15.0. The van der Waals surface area contributed by atoms with E-state index in [0.717, 1.165) is 10.1 Å². The van der Waals surface area contributed by atoms with E-state index in [1.165, 1.54) is 23.7 Å². The van der Waals surface area contributed by atoms with Crippen molar-refractivity contribution in [2.45, 2.75) is 11.3 Å². The lowest BCUT2D eigenvalue weighted by Crippen LogP contribution is -2.36. The number of aromatic amines is 1. The van der Waals surface area contributed by atoms with Crippen molar-refractivity contribution < 1.29 is 8.42 Å². The Labute approximate surface area is 148 Å². The summed E-state index contributed by atoms with van der Waals surface area (Å²) >= 11 is 0. The van der Waals surface area contributed by atoms with Gasteiger partial charge in [0.2, 0.25) is 16.0 Å². The number of hydrogen-bond acceptors (Lipinski definition) is 6. The van der Waals surface area contributed by atoms with Crippen molar-refractivity contribution >= 4 is 27.1 Å². The number of rotatable bonds is 5. The van der Waals surface area contributed by atoms with Crippen molar-refractivity contribution in [2.75, 3.05) is 11.9 Å². The van der Waals surface area contributed by atoms with Crippen LogP contribution in [-0.2, 0) is 30.5 Å². The predicted octanol–water partition coefficient (Wildman–Crippen LogP) is -0.738. The van der Waals surface area contributed by atoms with Gasteiger partial charge in [-0.05, 0) is 24.1 Å². The number of aromatic nitrogens is 4. The molecule has 0 unspecified atom stereocenters. The van der Waals surface area contributed by atoms with Gasteiger partial charge in [-0.15, -0.1) is 0 Å². The normalized spacial score (nSPS) is 11.8. The van der Waals surface area contributed by atoms with Crippen LogP contribution in [0.15, 0.2) is 38.8 Å². The molecule has 0 fully saturated rings. The van der Waals surface area contributed by atoms with E-state index in [0.29, 0.717) is 18.9 Å². The summed E-state index contributed by atoms with van der Waals surface area (Å²) in [6.45, 7) is 0.489. The summed E-state index contributed by atoms with van der Waals surface area (Å²) in [5.41, 5.74) is 0.537. The lowest BCUT2D eigenvalue weighted by molar-refractivity contribution is 0.598. The fraction of sp³-hybridized carbons (Fsp3) is 0.267. The highest BCUT2D eigenvalue weighted by Crippen LogP contribution is 2.11. The number of fused-ring (bicyclic) bond motifs is 1. The molecule has 26 heavy (non-hydrogen) atoms. The van der Waals surface area contributed by atoms with E-state index in [9.17, 15) is 18.0 Å². The number of nitrogens with one attached hydrogen (secondary N) is 2. The second-order valence-corrected chi connectivity index (χ2v) is 7.42. The number of anilines is 1. The Morgan fingerprint density at radius 3 is 2.42 bits per heavy atom. The van der Waals surface area contributed by atoms with Gasteiger partial charge in [-0.25, -0.2) is 18.4 Å². The number of imidazole rings is 1. The van der Waals surface area contributed by atoms with Crippen LogP contribution in [0, 0.1) is 0 Å². The van der Waals surface area contributed by atoms with Gasteiger partial charge >= 0.3 is 5.69 Å². The van der Waals surface area contributed by atoms with Crippen LogP contribution in [0.1, 0.15) is 5.56 Å². The van der Waals surface area contributed by atoms with Gasteiger partial charge in [0, 0.05) is 20.6 Å². The van der Waals surface area contributed by atoms with E-state index in [4.69, 9.17) is 5.14 Å². The van der Waals surface area contributed by atoms with Gasteiger partial charge in [-0.2, -0.15) is 4.98 Å². The SMILES string of the molecule is Cn1c(=O)c2[nH]c(NCCc3ccc(S(N)(=O)=O)cc3)nc2n(C)c1=O. The summed E-state index contributed by atoms with van der Waals surface area (Å²) in [6.07, 6.45) is 0.596. The number of nitrogens with two attached hydrogens (primary N) is 1. The molecule has 11 heteroatoms. The van der Waals surface area contributed by atoms with Crippen molar-refractivity contribution in [3.63, 3.8) is 0 Å². The minimum absolute atomic E-state index is 0.0586. The van der Waals surface area contributed by atoms with Gasteiger partial charge in [0.05, 0.1) is 4.90 Å². The van der Waals surface area contributed by atoms with Crippen molar-refractivity contribution in [1.82, 2.24) is 19.1 Å². The monoisotopic (exact) mass is 378 g/mol. The number of hydrogen-bond donors (Lipinski definition) is 3. The predicted molar refractivity (Wildman–Crippen MR) is 96.6 cm³/mol. The summed E-state index contributed by atoms with van der Waals surface area (Å²) < 4.78 is 24.8. The molecule has 3 aromatic rings. The Kier molecular flexibility index (Phi) is 4.42. The highest BCUT2D eigenvalue weighted by atomic mass is 32.2. The first-order valence-corrected chi connectivity index (χ1v) is 9.24. The smallest absolute Gasteiger partial charge is 0.332 e. The zero-order chi connectivity index (χ0) is 19.1. The Bertz CT molecular complexity index is 1190. The fourth-order valence-electron chi connectivity index (χ4n) is 2.58. The molecule has 0 saturated heterocycles. The van der Waals surface area contributed by atoms with E-state index >= 15 is 0 Å². The van der Waals surface area contributed by atoms with Gasteiger partial charge in [-0.1, -0.05) is 12.1 Å². The molecule has 0 aliphatic heterocycles. The van der Waals surface area contributed by atoms with Crippen LogP contribution in [0.2, 0.25) is 0 Å². The number of aryl methyl sites for hydroxylation is 1. The van der Waals surface area contributed by atoms with Crippen LogP contribution in [0.4, 0.5) is 5.95 Å². The molecule has 0 amide bonds. The van der Waals surface area contributed by atoms with Crippen molar-refractivity contribution in [3.05, 3.63) is 50.7 Å². The van der Waals surface area contributed by atoms with Crippen molar-refractivity contribution in [3.8, 4) is 0 Å². The summed E-state index contributed by atoms with van der Waals surface area (Å²) in [5, 5.41) is 8.11. The van der Waals surface area contributed by atoms with Crippen LogP contribution in [-0.4, -0.2) is 34.1 Å². The third kappa shape index (κ3) is 3.26. The number of sulfonamides is 1. The van der Waals surface area contributed by atoms with E-state index in [1.54, 1.807) is 19.2 Å². The standard InChI is InChI=1S/C15H18N6O4S/c1-20-12-11(13(22)21(2)15(20)23)18-14(19-12)17-8-7-9-3-5-10(6-4-9)26(16,24)25/h3-6H,7-8H2,1-2H3,(H2,16,24,25)(H2,17,18,19). The van der Waals surface area contributed by atoms with Gasteiger partial charge in [-0.3, -0.25) is 13.9 Å². The van der Waals surface area contributed by atoms with Crippen LogP contribution < -0.4 is 21.7 Å². The molecule has 2 heterocycles. The molecule has 4 N–H and O–H groups in total. The van der Waals surface area contributed by atoms with E-state index < -0.39 is 21.3 Å². The molecular formula is C15H18N6O4S. The molecular weight excluding hydrogens is 360 g/mol. The Hall–Kier alpha value is -2.92. The quantitative estimate of drug-likeness (QED) is 0.533. The Balaban J connectivity index is 1.75. The number of nitrogens with zero attached hydrogens (tertiary/aromatic N) is 3. The third-order valence-corrected chi connectivity index (χ3v) is 4.98. The number of primary sulfonamides is 1. The van der Waals surface area contributed by atoms with Crippen molar-refractivity contribution in [1.29, 1.82) is 0 Å². The molecule has 138 valence electrons. The topological polar surface area (TPSA) is 145 Å². The highest BCUT2D eigenvalue weighted by molar-refractivity contribution is 7.89. The van der Waals surface area contributed by atoms with Crippen LogP contribution >= 0.6 is 0 Å². The maximum absolute atomic E-state index is 12.1. The summed E-state index contributed by atoms with van der Waals surface area (Å²) in [5.74, 6) is 0.374. The Morgan fingerprint density at radius 2 is 1.81 bits per heavy atom. The second-order valence-electron chi connectivity index (χ2n) is 5.86. The maximum atomic E-state index is 12.1. The van der Waals surface area contributed by atoms with Gasteiger partial charge in [0.25, 0.3) is 5.56 Å². The lowest BCUT2D eigenvalue weighted by atomic mass is 10.1. The van der Waals surface area contributed by atoms with E-state index in [-0.39, 0.29) is 16.1 Å². The zero-order valence-electron chi connectivity index (χ0n) is 14.2. The van der Waals surface area contributed by atoms with Crippen LogP contribution in [0.3, 0.4) is 0 Å². The van der Waals surface area contributed by atoms with Crippen LogP contribution in [0.25, 0.3) is 11.2 Å². The molecule has 0 radical (unpaired) electrons.